The SMILES string of the molecule is CCS(=O)(=O)N(C)C1CCc2nn(Cc3ccccc3)c(=O)n2CC1. The zero-order valence-corrected chi connectivity index (χ0v) is 15.4. The number of benzene rings is 1. The minimum absolute atomic E-state index is 0.0892. The van der Waals surface area contributed by atoms with Crippen LogP contribution in [0.4, 0.5) is 0 Å². The average molecular weight is 364 g/mol. The molecule has 2 heterocycles. The minimum Gasteiger partial charge on any atom is -0.279 e. The second kappa shape index (κ2) is 7.13. The Morgan fingerprint density at radius 2 is 1.96 bits per heavy atom. The van der Waals surface area contributed by atoms with E-state index in [-0.39, 0.29) is 17.5 Å². The van der Waals surface area contributed by atoms with Gasteiger partial charge in [-0.3, -0.25) is 4.57 Å². The van der Waals surface area contributed by atoms with Crippen LogP contribution < -0.4 is 5.69 Å². The van der Waals surface area contributed by atoms with Crippen LogP contribution in [-0.4, -0.2) is 45.9 Å². The van der Waals surface area contributed by atoms with Crippen molar-refractivity contribution < 1.29 is 8.42 Å². The Hall–Kier alpha value is -1.93. The van der Waals surface area contributed by atoms with E-state index >= 15 is 0 Å². The highest BCUT2D eigenvalue weighted by Crippen LogP contribution is 2.19. The Morgan fingerprint density at radius 3 is 2.64 bits per heavy atom. The zero-order chi connectivity index (χ0) is 18.0. The molecule has 1 unspecified atom stereocenters. The molecule has 0 aliphatic carbocycles. The van der Waals surface area contributed by atoms with Gasteiger partial charge < -0.3 is 0 Å². The van der Waals surface area contributed by atoms with Crippen molar-refractivity contribution in [1.82, 2.24) is 18.7 Å². The first-order valence-electron chi connectivity index (χ1n) is 8.58. The summed E-state index contributed by atoms with van der Waals surface area (Å²) in [6.45, 7) is 2.60. The minimum atomic E-state index is -3.22. The van der Waals surface area contributed by atoms with Gasteiger partial charge in [-0.1, -0.05) is 30.3 Å². The van der Waals surface area contributed by atoms with E-state index in [2.05, 4.69) is 5.10 Å². The lowest BCUT2D eigenvalue weighted by atomic mass is 10.1. The lowest BCUT2D eigenvalue weighted by molar-refractivity contribution is 0.329. The molecule has 1 aromatic heterocycles. The Labute approximate surface area is 147 Å². The highest BCUT2D eigenvalue weighted by molar-refractivity contribution is 7.89. The molecule has 1 atom stereocenters. The topological polar surface area (TPSA) is 77.2 Å². The van der Waals surface area contributed by atoms with Crippen molar-refractivity contribution >= 4 is 10.0 Å². The van der Waals surface area contributed by atoms with Gasteiger partial charge in [0.1, 0.15) is 5.82 Å². The van der Waals surface area contributed by atoms with E-state index in [4.69, 9.17) is 0 Å². The molecular weight excluding hydrogens is 340 g/mol. The van der Waals surface area contributed by atoms with Gasteiger partial charge in [0, 0.05) is 26.1 Å². The van der Waals surface area contributed by atoms with E-state index in [1.807, 2.05) is 30.3 Å². The Bertz CT molecular complexity index is 886. The van der Waals surface area contributed by atoms with Crippen LogP contribution in [-0.2, 0) is 29.5 Å². The molecule has 2 aromatic rings. The third-order valence-corrected chi connectivity index (χ3v) is 6.78. The maximum atomic E-state index is 12.6. The monoisotopic (exact) mass is 364 g/mol. The summed E-state index contributed by atoms with van der Waals surface area (Å²) in [6.07, 6.45) is 1.91. The van der Waals surface area contributed by atoms with Gasteiger partial charge >= 0.3 is 5.69 Å². The van der Waals surface area contributed by atoms with Crippen LogP contribution in [0.1, 0.15) is 31.2 Å². The van der Waals surface area contributed by atoms with Crippen molar-refractivity contribution in [1.29, 1.82) is 0 Å². The van der Waals surface area contributed by atoms with Gasteiger partial charge in [0.2, 0.25) is 10.0 Å². The van der Waals surface area contributed by atoms with Crippen molar-refractivity contribution in [2.75, 3.05) is 12.8 Å². The Balaban J connectivity index is 1.77. The Morgan fingerprint density at radius 1 is 1.24 bits per heavy atom. The second-order valence-electron chi connectivity index (χ2n) is 6.39. The fourth-order valence-corrected chi connectivity index (χ4v) is 4.34. The molecule has 0 bridgehead atoms. The van der Waals surface area contributed by atoms with Gasteiger partial charge in [0.05, 0.1) is 12.3 Å². The summed E-state index contributed by atoms with van der Waals surface area (Å²) in [4.78, 5) is 12.6. The number of fused-ring (bicyclic) bond motifs is 1. The molecule has 1 aromatic carbocycles. The molecule has 25 heavy (non-hydrogen) atoms. The molecular formula is C17H24N4O3S. The molecule has 0 radical (unpaired) electrons. The number of hydrogen-bond acceptors (Lipinski definition) is 4. The normalized spacial score (nSPS) is 18.1. The van der Waals surface area contributed by atoms with Gasteiger partial charge in [0.25, 0.3) is 0 Å². The molecule has 0 spiro atoms. The van der Waals surface area contributed by atoms with E-state index in [0.717, 1.165) is 11.4 Å². The van der Waals surface area contributed by atoms with Gasteiger partial charge in [-0.05, 0) is 25.3 Å². The van der Waals surface area contributed by atoms with E-state index in [1.165, 1.54) is 8.99 Å². The third kappa shape index (κ3) is 3.69. The second-order valence-corrected chi connectivity index (χ2v) is 8.71. The van der Waals surface area contributed by atoms with Gasteiger partial charge in [-0.2, -0.15) is 5.10 Å². The largest absolute Gasteiger partial charge is 0.346 e. The number of nitrogens with zero attached hydrogens (tertiary/aromatic N) is 4. The van der Waals surface area contributed by atoms with Crippen molar-refractivity contribution in [2.24, 2.45) is 0 Å². The molecule has 136 valence electrons. The quantitative estimate of drug-likeness (QED) is 0.795. The maximum Gasteiger partial charge on any atom is 0.346 e. The summed E-state index contributed by atoms with van der Waals surface area (Å²) in [7, 11) is -1.59. The van der Waals surface area contributed by atoms with Gasteiger partial charge in [-0.15, -0.1) is 0 Å². The smallest absolute Gasteiger partial charge is 0.279 e. The fourth-order valence-electron chi connectivity index (χ4n) is 3.27. The highest BCUT2D eigenvalue weighted by atomic mass is 32.2. The van der Waals surface area contributed by atoms with Crippen LogP contribution in [0.25, 0.3) is 0 Å². The predicted octanol–water partition coefficient (Wildman–Crippen LogP) is 1.08. The van der Waals surface area contributed by atoms with Crippen LogP contribution >= 0.6 is 0 Å². The number of aryl methyl sites for hydroxylation is 1. The average Bonchev–Trinajstić information content (AvgIpc) is 2.79. The zero-order valence-electron chi connectivity index (χ0n) is 14.6. The first kappa shape index (κ1) is 17.9. The van der Waals surface area contributed by atoms with Crippen LogP contribution in [0.15, 0.2) is 35.1 Å². The van der Waals surface area contributed by atoms with Crippen molar-refractivity contribution in [2.45, 2.75) is 45.3 Å². The van der Waals surface area contributed by atoms with Crippen LogP contribution in [0.2, 0.25) is 0 Å². The van der Waals surface area contributed by atoms with E-state index in [9.17, 15) is 13.2 Å². The van der Waals surface area contributed by atoms with E-state index in [1.54, 1.807) is 18.5 Å². The maximum absolute atomic E-state index is 12.6. The fraction of sp³-hybridized carbons (Fsp3) is 0.529. The lowest BCUT2D eigenvalue weighted by Gasteiger charge is -2.25. The number of aromatic nitrogens is 3. The predicted molar refractivity (Wildman–Crippen MR) is 96.0 cm³/mol. The summed E-state index contributed by atoms with van der Waals surface area (Å²) < 4.78 is 28.8. The molecule has 3 rings (SSSR count). The van der Waals surface area contributed by atoms with Gasteiger partial charge in [-0.25, -0.2) is 22.2 Å². The molecule has 1 aliphatic rings. The van der Waals surface area contributed by atoms with E-state index in [0.29, 0.717) is 32.4 Å². The summed E-state index contributed by atoms with van der Waals surface area (Å²) in [5.41, 5.74) is 0.907. The van der Waals surface area contributed by atoms with Crippen LogP contribution in [0.3, 0.4) is 0 Å². The summed E-state index contributed by atoms with van der Waals surface area (Å²) in [5.74, 6) is 0.833. The number of rotatable bonds is 5. The van der Waals surface area contributed by atoms with Gasteiger partial charge in [0.15, 0.2) is 0 Å². The Kier molecular flexibility index (Phi) is 5.10. The number of hydrogen-bond donors (Lipinski definition) is 0. The molecule has 0 fully saturated rings. The third-order valence-electron chi connectivity index (χ3n) is 4.88. The molecule has 7 nitrogen and oxygen atoms in total. The molecule has 0 saturated carbocycles. The first-order chi connectivity index (χ1) is 11.9. The first-order valence-corrected chi connectivity index (χ1v) is 10.2. The molecule has 0 saturated heterocycles. The summed E-state index contributed by atoms with van der Waals surface area (Å²) in [5, 5.41) is 4.48. The van der Waals surface area contributed by atoms with Crippen LogP contribution in [0.5, 0.6) is 0 Å². The van der Waals surface area contributed by atoms with Crippen LogP contribution in [0, 0.1) is 0 Å². The molecule has 1 aliphatic heterocycles. The summed E-state index contributed by atoms with van der Waals surface area (Å²) >= 11 is 0. The van der Waals surface area contributed by atoms with Crippen molar-refractivity contribution in [3.8, 4) is 0 Å². The lowest BCUT2D eigenvalue weighted by Crippen LogP contribution is -2.38. The summed E-state index contributed by atoms with van der Waals surface area (Å²) in [6, 6.07) is 9.67. The van der Waals surface area contributed by atoms with Crippen molar-refractivity contribution in [3.05, 3.63) is 52.2 Å². The molecule has 0 N–H and O–H groups in total. The molecule has 0 amide bonds. The standard InChI is InChI=1S/C17H24N4O3S/c1-3-25(23,24)19(2)15-9-10-16-18-21(17(22)20(16)12-11-15)13-14-7-5-4-6-8-14/h4-8,15H,3,9-13H2,1-2H3. The van der Waals surface area contributed by atoms with Crippen molar-refractivity contribution in [3.63, 3.8) is 0 Å². The van der Waals surface area contributed by atoms with E-state index < -0.39 is 10.0 Å². The highest BCUT2D eigenvalue weighted by Gasteiger charge is 2.28. The number of sulfonamides is 1. The molecule has 8 heteroatoms.